The van der Waals surface area contributed by atoms with E-state index in [0.29, 0.717) is 6.42 Å². The van der Waals surface area contributed by atoms with E-state index < -0.39 is 48.3 Å². The summed E-state index contributed by atoms with van der Waals surface area (Å²) in [5.41, 5.74) is 1.78. The van der Waals surface area contributed by atoms with E-state index >= 15 is 0 Å². The van der Waals surface area contributed by atoms with Crippen LogP contribution in [0.25, 0.3) is 0 Å². The monoisotopic (exact) mass is 604 g/mol. The van der Waals surface area contributed by atoms with E-state index in [1.807, 2.05) is 66.7 Å². The van der Waals surface area contributed by atoms with Crippen molar-refractivity contribution in [2.75, 3.05) is 14.2 Å². The summed E-state index contributed by atoms with van der Waals surface area (Å²) >= 11 is 0. The van der Waals surface area contributed by atoms with E-state index in [-0.39, 0.29) is 35.2 Å². The third-order valence-electron chi connectivity index (χ3n) is 8.40. The Labute approximate surface area is 259 Å². The molecule has 0 bridgehead atoms. The molecular weight excluding hydrogens is 548 g/mol. The van der Waals surface area contributed by atoms with Crippen LogP contribution in [-0.2, 0) is 23.8 Å². The predicted octanol–water partition coefficient (Wildman–Crippen LogP) is 5.34. The van der Waals surface area contributed by atoms with Gasteiger partial charge in [0.25, 0.3) is 0 Å². The summed E-state index contributed by atoms with van der Waals surface area (Å²) in [6, 6.07) is 0. The SMILES string of the molecule is CO/C1=C/C(C)=C/[C@@H](C)[C@@H](O)C(C)C/C(C)=C\C=CC(OC)[C@@H]([C@@H](C)[C@@H](O)[C@H](C)C(=O)/C=C/[C@H](C)[C@H](O)C(C)C)OC1=O. The number of aliphatic hydroxyl groups is 3. The molecule has 0 aliphatic carbocycles. The number of esters is 1. The van der Waals surface area contributed by atoms with Crippen molar-refractivity contribution in [3.63, 3.8) is 0 Å². The molecule has 244 valence electrons. The molecule has 1 aliphatic rings. The number of hydrogen-bond acceptors (Lipinski definition) is 8. The Morgan fingerprint density at radius 1 is 1.07 bits per heavy atom. The summed E-state index contributed by atoms with van der Waals surface area (Å²) in [5, 5.41) is 32.5. The number of allylic oxidation sites excluding steroid dienone is 6. The molecule has 3 N–H and O–H groups in total. The van der Waals surface area contributed by atoms with E-state index in [2.05, 4.69) is 0 Å². The van der Waals surface area contributed by atoms with Crippen molar-refractivity contribution in [1.29, 1.82) is 0 Å². The lowest BCUT2D eigenvalue weighted by Gasteiger charge is -2.33. The number of carbonyl (C=O) groups excluding carboxylic acids is 2. The number of aliphatic hydroxyl groups excluding tert-OH is 3. The highest BCUT2D eigenvalue weighted by molar-refractivity contribution is 5.92. The highest BCUT2D eigenvalue weighted by atomic mass is 16.6. The maximum Gasteiger partial charge on any atom is 0.373 e. The van der Waals surface area contributed by atoms with Gasteiger partial charge in [-0.15, -0.1) is 0 Å². The minimum absolute atomic E-state index is 0.00159. The van der Waals surface area contributed by atoms with Crippen molar-refractivity contribution in [2.24, 2.45) is 35.5 Å². The van der Waals surface area contributed by atoms with Crippen LogP contribution in [0.1, 0.15) is 68.7 Å². The zero-order valence-corrected chi connectivity index (χ0v) is 28.0. The molecule has 0 aromatic carbocycles. The van der Waals surface area contributed by atoms with Crippen molar-refractivity contribution in [3.05, 3.63) is 59.4 Å². The maximum absolute atomic E-state index is 13.4. The maximum atomic E-state index is 13.4. The first-order valence-corrected chi connectivity index (χ1v) is 15.3. The second-order valence-corrected chi connectivity index (χ2v) is 12.6. The lowest BCUT2D eigenvalue weighted by molar-refractivity contribution is -0.162. The molecule has 0 saturated heterocycles. The van der Waals surface area contributed by atoms with Gasteiger partial charge >= 0.3 is 5.97 Å². The Balaban J connectivity index is 3.46. The van der Waals surface area contributed by atoms with Crippen LogP contribution in [0.3, 0.4) is 0 Å². The second-order valence-electron chi connectivity index (χ2n) is 12.6. The lowest BCUT2D eigenvalue weighted by Crippen LogP contribution is -2.45. The van der Waals surface area contributed by atoms with Gasteiger partial charge in [0, 0.05) is 30.8 Å². The molecule has 1 heterocycles. The first kappa shape index (κ1) is 38.5. The van der Waals surface area contributed by atoms with E-state index in [4.69, 9.17) is 14.2 Å². The fraction of sp³-hybridized carbons (Fsp3) is 0.657. The van der Waals surface area contributed by atoms with Crippen LogP contribution in [0.2, 0.25) is 0 Å². The third kappa shape index (κ3) is 11.8. The molecular formula is C35H56O8. The fourth-order valence-electron chi connectivity index (χ4n) is 5.43. The van der Waals surface area contributed by atoms with E-state index in [1.54, 1.807) is 32.1 Å². The molecule has 2 unspecified atom stereocenters. The van der Waals surface area contributed by atoms with Gasteiger partial charge in [-0.1, -0.05) is 90.0 Å². The normalized spacial score (nSPS) is 31.9. The molecule has 0 fully saturated rings. The summed E-state index contributed by atoms with van der Waals surface area (Å²) in [7, 11) is 2.86. The van der Waals surface area contributed by atoms with Crippen LogP contribution < -0.4 is 0 Å². The van der Waals surface area contributed by atoms with Crippen molar-refractivity contribution < 1.29 is 39.1 Å². The Kier molecular flexibility index (Phi) is 16.4. The van der Waals surface area contributed by atoms with Gasteiger partial charge in [0.15, 0.2) is 5.78 Å². The van der Waals surface area contributed by atoms with Crippen molar-refractivity contribution in [1.82, 2.24) is 0 Å². The number of ether oxygens (including phenoxy) is 3. The van der Waals surface area contributed by atoms with Crippen LogP contribution in [-0.4, -0.2) is 71.8 Å². The first-order chi connectivity index (χ1) is 20.0. The number of carbonyl (C=O) groups is 2. The molecule has 10 atom stereocenters. The average molecular weight is 605 g/mol. The summed E-state index contributed by atoms with van der Waals surface area (Å²) in [5.74, 6) is -2.96. The molecule has 8 nitrogen and oxygen atoms in total. The van der Waals surface area contributed by atoms with Gasteiger partial charge in [0.1, 0.15) is 12.2 Å². The lowest BCUT2D eigenvalue weighted by atomic mass is 9.84. The van der Waals surface area contributed by atoms with Crippen LogP contribution in [0, 0.1) is 35.5 Å². The highest BCUT2D eigenvalue weighted by Gasteiger charge is 2.38. The predicted molar refractivity (Wildman–Crippen MR) is 170 cm³/mol. The number of methoxy groups -OCH3 is 2. The molecule has 1 rings (SSSR count). The van der Waals surface area contributed by atoms with Crippen LogP contribution >= 0.6 is 0 Å². The average Bonchev–Trinajstić information content (AvgIpc) is 2.96. The van der Waals surface area contributed by atoms with Gasteiger partial charge in [-0.2, -0.15) is 0 Å². The van der Waals surface area contributed by atoms with Crippen molar-refractivity contribution in [3.8, 4) is 0 Å². The quantitative estimate of drug-likeness (QED) is 0.226. The zero-order valence-electron chi connectivity index (χ0n) is 28.0. The minimum atomic E-state index is -1.17. The van der Waals surface area contributed by atoms with Crippen molar-refractivity contribution in [2.45, 2.75) is 99.3 Å². The molecule has 0 aromatic heterocycles. The summed E-state index contributed by atoms with van der Waals surface area (Å²) < 4.78 is 17.0. The van der Waals surface area contributed by atoms with Gasteiger partial charge < -0.3 is 29.5 Å². The summed E-state index contributed by atoms with van der Waals surface area (Å²) in [4.78, 5) is 26.4. The van der Waals surface area contributed by atoms with Gasteiger partial charge in [0.05, 0.1) is 25.4 Å². The Morgan fingerprint density at radius 2 is 1.70 bits per heavy atom. The minimum Gasteiger partial charge on any atom is -0.490 e. The first-order valence-electron chi connectivity index (χ1n) is 15.3. The van der Waals surface area contributed by atoms with Crippen LogP contribution in [0.5, 0.6) is 0 Å². The molecule has 0 spiro atoms. The van der Waals surface area contributed by atoms with E-state index in [1.165, 1.54) is 20.3 Å². The van der Waals surface area contributed by atoms with Crippen LogP contribution in [0.4, 0.5) is 0 Å². The Morgan fingerprint density at radius 3 is 2.26 bits per heavy atom. The number of rotatable bonds is 10. The molecule has 0 saturated carbocycles. The second kappa shape index (κ2) is 18.3. The van der Waals surface area contributed by atoms with Gasteiger partial charge in [-0.05, 0) is 44.3 Å². The van der Waals surface area contributed by atoms with Crippen molar-refractivity contribution >= 4 is 11.8 Å². The smallest absolute Gasteiger partial charge is 0.373 e. The number of ketones is 1. The van der Waals surface area contributed by atoms with E-state index in [9.17, 15) is 24.9 Å². The molecule has 0 aromatic rings. The number of cyclic esters (lactones) is 1. The third-order valence-corrected chi connectivity index (χ3v) is 8.40. The van der Waals surface area contributed by atoms with Gasteiger partial charge in [-0.3, -0.25) is 4.79 Å². The molecule has 0 radical (unpaired) electrons. The summed E-state index contributed by atoms with van der Waals surface area (Å²) in [6.07, 6.45) is 8.65. The zero-order chi connectivity index (χ0) is 33.0. The Hall–Kier alpha value is -2.52. The molecule has 8 heteroatoms. The Bertz CT molecular complexity index is 1050. The van der Waals surface area contributed by atoms with E-state index in [0.717, 1.165) is 11.1 Å². The van der Waals surface area contributed by atoms with Crippen LogP contribution in [0.15, 0.2) is 59.4 Å². The highest BCUT2D eigenvalue weighted by Crippen LogP contribution is 2.27. The fourth-order valence-corrected chi connectivity index (χ4v) is 5.43. The molecule has 1 aliphatic heterocycles. The molecule has 0 amide bonds. The van der Waals surface area contributed by atoms with Gasteiger partial charge in [0.2, 0.25) is 5.76 Å². The number of hydrogen-bond donors (Lipinski definition) is 3. The van der Waals surface area contributed by atoms with Gasteiger partial charge in [-0.25, -0.2) is 4.79 Å². The summed E-state index contributed by atoms with van der Waals surface area (Å²) in [6.45, 7) is 16.7. The largest absolute Gasteiger partial charge is 0.490 e. The standard InChI is InChI=1S/C35H56O8/c1-20(2)31(37)23(5)15-16-28(36)26(8)33(39)27(9)34-29(41-10)14-12-13-21(3)17-24(6)32(38)25(7)18-22(4)19-30(42-11)35(40)43-34/h12-16,18-20,23-27,29,31-34,37-39H,17H2,1-11H3/b14-12?,16-15+,21-13-,22-18+,30-19+/t23-,24?,25+,26+,27-,29?,31+,32-,33-,34+/m0/s1. The topological polar surface area (TPSA) is 123 Å². The molecule has 43 heavy (non-hydrogen) atoms.